The first-order valence-electron chi connectivity index (χ1n) is 5.02. The molecule has 0 bridgehead atoms. The van der Waals surface area contributed by atoms with Crippen LogP contribution in [0, 0.1) is 0 Å². The van der Waals surface area contributed by atoms with Gasteiger partial charge in [0.25, 0.3) is 0 Å². The Morgan fingerprint density at radius 2 is 1.79 bits per heavy atom. The van der Waals surface area contributed by atoms with Crippen LogP contribution in [-0.2, 0) is 4.79 Å². The Morgan fingerprint density at radius 1 is 1.36 bits per heavy atom. The predicted molar refractivity (Wildman–Crippen MR) is 61.7 cm³/mol. The highest BCUT2D eigenvalue weighted by Crippen LogP contribution is 2.37. The molecule has 0 atom stereocenters. The number of hydrogen-bond donors (Lipinski definition) is 1. The molecular formula is C10H23NO2Si. The van der Waals surface area contributed by atoms with E-state index in [9.17, 15) is 4.79 Å². The zero-order chi connectivity index (χ0) is 11.6. The van der Waals surface area contributed by atoms with Gasteiger partial charge in [0.05, 0.1) is 6.61 Å². The molecular weight excluding hydrogens is 194 g/mol. The van der Waals surface area contributed by atoms with Gasteiger partial charge in [0.1, 0.15) is 0 Å². The van der Waals surface area contributed by atoms with Gasteiger partial charge in [-0.05, 0) is 5.04 Å². The maximum atomic E-state index is 11.6. The quantitative estimate of drug-likeness (QED) is 0.733. The number of carbonyl (C=O) groups excluding carboxylic acids is 1. The molecule has 4 heteroatoms. The molecule has 0 aromatic carbocycles. The van der Waals surface area contributed by atoms with E-state index < -0.39 is 8.24 Å². The minimum Gasteiger partial charge on any atom is -0.396 e. The summed E-state index contributed by atoms with van der Waals surface area (Å²) in [5.41, 5.74) is 0. The topological polar surface area (TPSA) is 40.5 Å². The van der Waals surface area contributed by atoms with Crippen molar-refractivity contribution in [2.75, 3.05) is 13.7 Å². The van der Waals surface area contributed by atoms with Crippen LogP contribution in [-0.4, -0.2) is 37.5 Å². The highest BCUT2D eigenvalue weighted by molar-refractivity contribution is 6.79. The molecule has 0 heterocycles. The van der Waals surface area contributed by atoms with Crippen LogP contribution in [0.1, 0.15) is 27.2 Å². The van der Waals surface area contributed by atoms with Crippen LogP contribution in [0.2, 0.25) is 18.1 Å². The van der Waals surface area contributed by atoms with Crippen LogP contribution in [0.15, 0.2) is 0 Å². The van der Waals surface area contributed by atoms with Crippen molar-refractivity contribution in [3.05, 3.63) is 0 Å². The van der Waals surface area contributed by atoms with E-state index in [0.717, 1.165) is 0 Å². The highest BCUT2D eigenvalue weighted by Gasteiger charge is 2.41. The van der Waals surface area contributed by atoms with E-state index in [1.165, 1.54) is 0 Å². The molecule has 3 nitrogen and oxygen atoms in total. The van der Waals surface area contributed by atoms with Crippen LogP contribution < -0.4 is 0 Å². The van der Waals surface area contributed by atoms with Crippen LogP contribution in [0.5, 0.6) is 0 Å². The number of aliphatic hydroxyl groups excluding tert-OH is 1. The second-order valence-electron chi connectivity index (χ2n) is 5.24. The van der Waals surface area contributed by atoms with E-state index >= 15 is 0 Å². The molecule has 1 N–H and O–H groups in total. The van der Waals surface area contributed by atoms with Gasteiger partial charge in [0.15, 0.2) is 8.24 Å². The predicted octanol–water partition coefficient (Wildman–Crippen LogP) is 1.83. The summed E-state index contributed by atoms with van der Waals surface area (Å²) in [7, 11) is 0.121. The molecule has 0 aliphatic heterocycles. The summed E-state index contributed by atoms with van der Waals surface area (Å²) in [4.78, 5) is 11.6. The fraction of sp³-hybridized carbons (Fsp3) is 0.900. The van der Waals surface area contributed by atoms with Gasteiger partial charge in [-0.25, -0.2) is 0 Å². The van der Waals surface area contributed by atoms with Crippen molar-refractivity contribution in [2.45, 2.75) is 45.3 Å². The Hall–Kier alpha value is -0.353. The monoisotopic (exact) mass is 217 g/mol. The van der Waals surface area contributed by atoms with Gasteiger partial charge in [-0.15, -0.1) is 0 Å². The molecule has 0 fully saturated rings. The largest absolute Gasteiger partial charge is 0.396 e. The molecule has 0 aromatic rings. The first-order valence-corrected chi connectivity index (χ1v) is 7.97. The maximum absolute atomic E-state index is 11.6. The van der Waals surface area contributed by atoms with Crippen molar-refractivity contribution in [3.63, 3.8) is 0 Å². The molecule has 0 radical (unpaired) electrons. The van der Waals surface area contributed by atoms with Gasteiger partial charge < -0.3 is 9.67 Å². The normalized spacial score (nSPS) is 12.8. The van der Waals surface area contributed by atoms with Crippen molar-refractivity contribution < 1.29 is 9.90 Å². The van der Waals surface area contributed by atoms with Gasteiger partial charge in [-0.3, -0.25) is 4.79 Å². The summed E-state index contributed by atoms with van der Waals surface area (Å²) < 4.78 is 1.86. The van der Waals surface area contributed by atoms with Gasteiger partial charge in [-0.1, -0.05) is 33.9 Å². The molecule has 0 spiro atoms. The summed E-state index contributed by atoms with van der Waals surface area (Å²) in [6, 6.07) is 0. The SMILES string of the molecule is CN(C(=O)CCO)[Si](C)(C)C(C)(C)C. The fourth-order valence-corrected chi connectivity index (χ4v) is 2.82. The van der Waals surface area contributed by atoms with Crippen molar-refractivity contribution in [2.24, 2.45) is 0 Å². The minimum absolute atomic E-state index is 0.0547. The third-order valence-electron chi connectivity index (χ3n) is 3.37. The molecule has 14 heavy (non-hydrogen) atoms. The van der Waals surface area contributed by atoms with Crippen LogP contribution >= 0.6 is 0 Å². The van der Waals surface area contributed by atoms with Gasteiger partial charge >= 0.3 is 0 Å². The molecule has 0 aromatic heterocycles. The summed E-state index contributed by atoms with van der Waals surface area (Å²) in [6.07, 6.45) is 0.239. The smallest absolute Gasteiger partial charge is 0.216 e. The Morgan fingerprint density at radius 3 is 2.07 bits per heavy atom. The number of nitrogens with zero attached hydrogens (tertiary/aromatic N) is 1. The third kappa shape index (κ3) is 2.82. The fourth-order valence-electron chi connectivity index (χ4n) is 1.08. The second kappa shape index (κ2) is 4.44. The number of aliphatic hydroxyl groups is 1. The molecule has 1 amide bonds. The molecule has 0 saturated carbocycles. The zero-order valence-corrected chi connectivity index (χ0v) is 11.2. The van der Waals surface area contributed by atoms with E-state index in [-0.39, 0.29) is 24.0 Å². The van der Waals surface area contributed by atoms with Gasteiger partial charge in [0.2, 0.25) is 5.91 Å². The lowest BCUT2D eigenvalue weighted by atomic mass is 10.2. The van der Waals surface area contributed by atoms with Crippen LogP contribution in [0.4, 0.5) is 0 Å². The Bertz CT molecular complexity index is 209. The molecule has 0 unspecified atom stereocenters. The average molecular weight is 217 g/mol. The van der Waals surface area contributed by atoms with Gasteiger partial charge in [0, 0.05) is 13.5 Å². The second-order valence-corrected chi connectivity index (χ2v) is 10.5. The van der Waals surface area contributed by atoms with E-state index in [1.807, 2.05) is 11.6 Å². The van der Waals surface area contributed by atoms with E-state index in [1.54, 1.807) is 0 Å². The molecule has 0 aliphatic rings. The summed E-state index contributed by atoms with van der Waals surface area (Å²) in [5, 5.41) is 8.88. The first-order chi connectivity index (χ1) is 6.14. The van der Waals surface area contributed by atoms with Crippen LogP contribution in [0.3, 0.4) is 0 Å². The number of amides is 1. The number of hydrogen-bond acceptors (Lipinski definition) is 2. The average Bonchev–Trinajstić information content (AvgIpc) is 2.01. The van der Waals surface area contributed by atoms with Crippen molar-refractivity contribution in [1.82, 2.24) is 4.57 Å². The van der Waals surface area contributed by atoms with Gasteiger partial charge in [-0.2, -0.15) is 0 Å². The number of rotatable bonds is 3. The first kappa shape index (κ1) is 13.6. The van der Waals surface area contributed by atoms with E-state index in [4.69, 9.17) is 5.11 Å². The number of carbonyl (C=O) groups is 1. The summed E-state index contributed by atoms with van der Waals surface area (Å²) >= 11 is 0. The summed E-state index contributed by atoms with van der Waals surface area (Å²) in [6.45, 7) is 10.8. The van der Waals surface area contributed by atoms with Crippen molar-refractivity contribution >= 4 is 14.1 Å². The molecule has 84 valence electrons. The molecule has 0 aliphatic carbocycles. The lowest BCUT2D eigenvalue weighted by molar-refractivity contribution is -0.127. The molecule has 0 saturated heterocycles. The van der Waals surface area contributed by atoms with Crippen molar-refractivity contribution in [1.29, 1.82) is 0 Å². The van der Waals surface area contributed by atoms with E-state index in [0.29, 0.717) is 0 Å². The van der Waals surface area contributed by atoms with Crippen LogP contribution in [0.25, 0.3) is 0 Å². The Labute approximate surface area is 88.2 Å². The summed E-state index contributed by atoms with van der Waals surface area (Å²) in [5.74, 6) is 0.0547. The van der Waals surface area contributed by atoms with Crippen molar-refractivity contribution in [3.8, 4) is 0 Å². The standard InChI is InChI=1S/C10H23NO2Si/c1-10(2,3)14(5,6)11(4)9(13)7-8-12/h12H,7-8H2,1-6H3. The Kier molecular flexibility index (Phi) is 4.33. The third-order valence-corrected chi connectivity index (χ3v) is 8.97. The van der Waals surface area contributed by atoms with E-state index in [2.05, 4.69) is 33.9 Å². The Balaban J connectivity index is 4.66. The zero-order valence-electron chi connectivity index (χ0n) is 10.2. The maximum Gasteiger partial charge on any atom is 0.216 e. The lowest BCUT2D eigenvalue weighted by Crippen LogP contribution is -2.55. The lowest BCUT2D eigenvalue weighted by Gasteiger charge is -2.43. The minimum atomic E-state index is -1.74. The molecule has 0 rings (SSSR count). The highest BCUT2D eigenvalue weighted by atomic mass is 28.3.